The van der Waals surface area contributed by atoms with Crippen molar-refractivity contribution in [1.29, 1.82) is 0 Å². The molecule has 1 amide bonds. The SMILES string of the molecule is CC/C=C\C/C=C\C/C=C\C/C=C\C/C=C\CCCCCCCCCCCCCCCCCC(=O)NC(CO)C(O)/C=C/CC/C=C/CC/C=C/CCCCCCCCCCCCCCCCC. The zero-order valence-electron chi connectivity index (χ0n) is 45.1. The summed E-state index contributed by atoms with van der Waals surface area (Å²) >= 11 is 0. The van der Waals surface area contributed by atoms with Crippen LogP contribution in [-0.2, 0) is 4.79 Å². The van der Waals surface area contributed by atoms with Crippen LogP contribution in [0.5, 0.6) is 0 Å². The summed E-state index contributed by atoms with van der Waals surface area (Å²) in [4.78, 5) is 12.5. The molecule has 0 fully saturated rings. The largest absolute Gasteiger partial charge is 0.394 e. The van der Waals surface area contributed by atoms with Gasteiger partial charge in [0.05, 0.1) is 18.8 Å². The number of amides is 1. The molecule has 0 aliphatic rings. The van der Waals surface area contributed by atoms with E-state index < -0.39 is 12.1 Å². The van der Waals surface area contributed by atoms with Crippen molar-refractivity contribution in [3.8, 4) is 0 Å². The number of carbonyl (C=O) groups is 1. The van der Waals surface area contributed by atoms with Gasteiger partial charge in [-0.1, -0.05) is 284 Å². The number of hydrogen-bond acceptors (Lipinski definition) is 3. The predicted octanol–water partition coefficient (Wildman–Crippen LogP) is 19.7. The molecule has 2 atom stereocenters. The monoisotopic (exact) mass is 944 g/mol. The molecule has 0 aliphatic carbocycles. The van der Waals surface area contributed by atoms with E-state index in [1.807, 2.05) is 6.08 Å². The Morgan fingerprint density at radius 3 is 1.03 bits per heavy atom. The van der Waals surface area contributed by atoms with Crippen LogP contribution in [0.15, 0.2) is 97.2 Å². The van der Waals surface area contributed by atoms with E-state index in [1.54, 1.807) is 6.08 Å². The number of unbranched alkanes of at least 4 members (excludes halogenated alkanes) is 32. The number of aliphatic hydroxyl groups excluding tert-OH is 2. The molecule has 0 aromatic rings. The molecule has 4 heteroatoms. The molecule has 4 nitrogen and oxygen atoms in total. The van der Waals surface area contributed by atoms with Crippen molar-refractivity contribution in [3.63, 3.8) is 0 Å². The van der Waals surface area contributed by atoms with Crippen LogP contribution in [0.25, 0.3) is 0 Å². The van der Waals surface area contributed by atoms with Gasteiger partial charge in [-0.3, -0.25) is 4.79 Å². The summed E-state index contributed by atoms with van der Waals surface area (Å²) in [5.74, 6) is -0.0790. The maximum Gasteiger partial charge on any atom is 0.220 e. The quantitative estimate of drug-likeness (QED) is 0.0420. The van der Waals surface area contributed by atoms with E-state index in [4.69, 9.17) is 0 Å². The second-order valence-corrected chi connectivity index (χ2v) is 19.7. The summed E-state index contributed by atoms with van der Waals surface area (Å²) in [6, 6.07) is -0.652. The minimum atomic E-state index is -0.876. The first kappa shape index (κ1) is 65.3. The molecule has 0 bridgehead atoms. The molecular formula is C64H113NO3. The second-order valence-electron chi connectivity index (χ2n) is 19.7. The van der Waals surface area contributed by atoms with E-state index in [2.05, 4.69) is 104 Å². The van der Waals surface area contributed by atoms with Crippen LogP contribution in [0.4, 0.5) is 0 Å². The summed E-state index contributed by atoms with van der Waals surface area (Å²) in [6.45, 7) is 4.20. The van der Waals surface area contributed by atoms with Crippen LogP contribution in [0, 0.1) is 0 Å². The summed E-state index contributed by atoms with van der Waals surface area (Å²) in [5, 5.41) is 23.2. The van der Waals surface area contributed by atoms with E-state index in [1.165, 1.54) is 193 Å². The van der Waals surface area contributed by atoms with Crippen molar-refractivity contribution in [2.45, 2.75) is 296 Å². The van der Waals surface area contributed by atoms with Gasteiger partial charge in [0.25, 0.3) is 0 Å². The summed E-state index contributed by atoms with van der Waals surface area (Å²) in [7, 11) is 0. The molecule has 0 aromatic carbocycles. The van der Waals surface area contributed by atoms with E-state index in [0.29, 0.717) is 6.42 Å². The van der Waals surface area contributed by atoms with Gasteiger partial charge in [-0.15, -0.1) is 0 Å². The second kappa shape index (κ2) is 58.6. The Balaban J connectivity index is 3.57. The lowest BCUT2D eigenvalue weighted by molar-refractivity contribution is -0.123. The van der Waals surface area contributed by atoms with Gasteiger partial charge >= 0.3 is 0 Å². The number of aliphatic hydroxyl groups is 2. The number of nitrogens with one attached hydrogen (secondary N) is 1. The topological polar surface area (TPSA) is 69.6 Å². The van der Waals surface area contributed by atoms with Gasteiger partial charge in [-0.25, -0.2) is 0 Å². The summed E-state index contributed by atoms with van der Waals surface area (Å²) in [5.41, 5.74) is 0. The fraction of sp³-hybridized carbons (Fsp3) is 0.734. The van der Waals surface area contributed by atoms with Crippen LogP contribution < -0.4 is 5.32 Å². The number of rotatable bonds is 53. The Bertz CT molecular complexity index is 1250. The van der Waals surface area contributed by atoms with Gasteiger partial charge in [-0.05, 0) is 89.9 Å². The van der Waals surface area contributed by atoms with Crippen molar-refractivity contribution in [2.75, 3.05) is 6.61 Å². The smallest absolute Gasteiger partial charge is 0.220 e. The Labute approximate surface area is 424 Å². The van der Waals surface area contributed by atoms with Crippen molar-refractivity contribution < 1.29 is 15.0 Å². The molecule has 68 heavy (non-hydrogen) atoms. The molecule has 0 rings (SSSR count). The number of hydrogen-bond donors (Lipinski definition) is 3. The molecule has 0 radical (unpaired) electrons. The van der Waals surface area contributed by atoms with Gasteiger partial charge in [0.1, 0.15) is 0 Å². The van der Waals surface area contributed by atoms with Crippen LogP contribution in [-0.4, -0.2) is 34.9 Å². The Morgan fingerprint density at radius 2 is 0.662 bits per heavy atom. The number of allylic oxidation sites excluding steroid dienone is 15. The molecule has 0 aromatic heterocycles. The maximum absolute atomic E-state index is 12.5. The van der Waals surface area contributed by atoms with Crippen molar-refractivity contribution in [1.82, 2.24) is 5.32 Å². The van der Waals surface area contributed by atoms with E-state index in [0.717, 1.165) is 70.6 Å². The molecule has 3 N–H and O–H groups in total. The van der Waals surface area contributed by atoms with Gasteiger partial charge < -0.3 is 15.5 Å². The fourth-order valence-electron chi connectivity index (χ4n) is 8.59. The molecule has 2 unspecified atom stereocenters. The maximum atomic E-state index is 12.5. The average molecular weight is 945 g/mol. The van der Waals surface area contributed by atoms with Crippen molar-refractivity contribution in [2.24, 2.45) is 0 Å². The Hall–Kier alpha value is -2.69. The molecule has 0 aliphatic heterocycles. The third kappa shape index (κ3) is 54.3. The minimum Gasteiger partial charge on any atom is -0.394 e. The third-order valence-electron chi connectivity index (χ3n) is 13.0. The van der Waals surface area contributed by atoms with Crippen LogP contribution >= 0.6 is 0 Å². The highest BCUT2D eigenvalue weighted by Crippen LogP contribution is 2.16. The van der Waals surface area contributed by atoms with Crippen LogP contribution in [0.2, 0.25) is 0 Å². The third-order valence-corrected chi connectivity index (χ3v) is 13.0. The Kier molecular flexibility index (Phi) is 56.3. The normalized spacial score (nSPS) is 13.5. The minimum absolute atomic E-state index is 0.0790. The first-order valence-corrected chi connectivity index (χ1v) is 29.5. The zero-order valence-corrected chi connectivity index (χ0v) is 45.1. The van der Waals surface area contributed by atoms with Crippen LogP contribution in [0.3, 0.4) is 0 Å². The standard InChI is InChI=1S/C64H113NO3/c1-3-5-7-9-11-13-15-17-19-21-23-25-27-29-30-31-32-33-34-36-38-40-42-44-46-48-50-52-54-56-58-60-64(68)65-62(61-66)63(67)59-57-55-53-51-49-47-45-43-41-39-37-35-28-26-24-22-20-18-16-14-12-10-8-6-4-2/h5,7,11,13,17,19,23,25,29-30,41,43,49,51,57,59,62-63,66-67H,3-4,6,8-10,12,14-16,18,20-22,24,26-28,31-40,42,44-48,50,52-56,58,60-61H2,1-2H3,(H,65,68)/b7-5-,13-11-,19-17-,25-23-,30-29-,43-41+,51-49+,59-57+. The highest BCUT2D eigenvalue weighted by atomic mass is 16.3. The van der Waals surface area contributed by atoms with E-state index in [9.17, 15) is 15.0 Å². The molecule has 0 spiro atoms. The predicted molar refractivity (Wildman–Crippen MR) is 303 cm³/mol. The average Bonchev–Trinajstić information content (AvgIpc) is 3.34. The molecular weight excluding hydrogens is 831 g/mol. The number of carbonyl (C=O) groups excluding carboxylic acids is 1. The molecule has 0 heterocycles. The zero-order chi connectivity index (χ0) is 49.2. The molecule has 0 saturated carbocycles. The Morgan fingerprint density at radius 1 is 0.368 bits per heavy atom. The van der Waals surface area contributed by atoms with E-state index in [-0.39, 0.29) is 12.5 Å². The summed E-state index contributed by atoms with van der Waals surface area (Å²) in [6.07, 6.45) is 87.2. The van der Waals surface area contributed by atoms with Gasteiger partial charge in [0.15, 0.2) is 0 Å². The van der Waals surface area contributed by atoms with Crippen molar-refractivity contribution in [3.05, 3.63) is 97.2 Å². The first-order chi connectivity index (χ1) is 33.7. The van der Waals surface area contributed by atoms with Crippen LogP contribution in [0.1, 0.15) is 284 Å². The lowest BCUT2D eigenvalue weighted by Gasteiger charge is -2.19. The van der Waals surface area contributed by atoms with Gasteiger partial charge in [-0.2, -0.15) is 0 Å². The van der Waals surface area contributed by atoms with Crippen molar-refractivity contribution >= 4 is 5.91 Å². The fourth-order valence-corrected chi connectivity index (χ4v) is 8.59. The highest BCUT2D eigenvalue weighted by Gasteiger charge is 2.18. The van der Waals surface area contributed by atoms with Gasteiger partial charge in [0, 0.05) is 6.42 Å². The molecule has 392 valence electrons. The lowest BCUT2D eigenvalue weighted by Crippen LogP contribution is -2.45. The lowest BCUT2D eigenvalue weighted by atomic mass is 10.0. The summed E-state index contributed by atoms with van der Waals surface area (Å²) < 4.78 is 0. The highest BCUT2D eigenvalue weighted by molar-refractivity contribution is 5.76. The van der Waals surface area contributed by atoms with E-state index >= 15 is 0 Å². The molecule has 0 saturated heterocycles. The van der Waals surface area contributed by atoms with Gasteiger partial charge in [0.2, 0.25) is 5.91 Å². The first-order valence-electron chi connectivity index (χ1n) is 29.5.